The fourth-order valence-electron chi connectivity index (χ4n) is 4.93. The second-order valence-electron chi connectivity index (χ2n) is 15.2. The molecule has 0 spiro atoms. The third kappa shape index (κ3) is 14.0. The summed E-state index contributed by atoms with van der Waals surface area (Å²) in [5.41, 5.74) is -22.0. The Balaban J connectivity index is 10.4. The Morgan fingerprint density at radius 1 is 0.153 bits per heavy atom. The predicted molar refractivity (Wildman–Crippen MR) is 160 cm³/mol. The van der Waals surface area contributed by atoms with Crippen molar-refractivity contribution >= 4 is 0 Å². The van der Waals surface area contributed by atoms with Gasteiger partial charge in [-0.05, 0) is 0 Å². The molecule has 56 heteroatoms. The van der Waals surface area contributed by atoms with Crippen molar-refractivity contribution in [2.75, 3.05) is 39.6 Å². The molecule has 0 aliphatic rings. The average molecular weight is 1390 g/mol. The molecule has 0 aromatic rings. The van der Waals surface area contributed by atoms with Crippen LogP contribution in [0.1, 0.15) is 0 Å². The maximum atomic E-state index is 16.0. The van der Waals surface area contributed by atoms with Gasteiger partial charge in [-0.1, -0.05) is 0 Å². The van der Waals surface area contributed by atoms with Gasteiger partial charge < -0.3 is 30.6 Å². The molecule has 0 unspecified atom stereocenters. The molecule has 0 fully saturated rings. The van der Waals surface area contributed by atoms with E-state index >= 15 is 79.0 Å². The minimum absolute atomic E-state index is 0.661. The van der Waals surface area contributed by atoms with Crippen LogP contribution in [0, 0.1) is 10.8 Å². The van der Waals surface area contributed by atoms with Crippen LogP contribution in [0.15, 0.2) is 0 Å². The van der Waals surface area contributed by atoms with Gasteiger partial charge in [-0.3, -0.25) is 0 Å². The van der Waals surface area contributed by atoms with E-state index in [4.69, 9.17) is 30.6 Å². The van der Waals surface area contributed by atoms with E-state index in [1.807, 2.05) is 0 Å². The van der Waals surface area contributed by atoms with E-state index < -0.39 is 178 Å². The summed E-state index contributed by atoms with van der Waals surface area (Å²) in [5.74, 6) is -45.8. The van der Waals surface area contributed by atoms with Gasteiger partial charge in [-0.15, -0.1) is 8.78 Å². The van der Waals surface area contributed by atoms with E-state index in [-0.39, 0.29) is 0 Å². The zero-order valence-corrected chi connectivity index (χ0v) is 37.6. The summed E-state index contributed by atoms with van der Waals surface area (Å²) >= 11 is 0. The van der Waals surface area contributed by atoms with Crippen molar-refractivity contribution in [3.63, 3.8) is 0 Å². The number of aliphatic hydroxyl groups is 6. The third-order valence-electron chi connectivity index (χ3n) is 9.27. The molecular weight excluding hydrogens is 1370 g/mol. The summed E-state index contributed by atoms with van der Waals surface area (Å²) in [5, 5.41) is 49.6. The van der Waals surface area contributed by atoms with Gasteiger partial charge >= 0.3 is 138 Å². The van der Waals surface area contributed by atoms with Gasteiger partial charge in [0.2, 0.25) is 0 Å². The first-order chi connectivity index (χ1) is 36.5. The summed E-state index contributed by atoms with van der Waals surface area (Å²) in [4.78, 5) is 0. The van der Waals surface area contributed by atoms with Gasteiger partial charge in [0, 0.05) is 0 Å². The number of alkyl halides is 42. The van der Waals surface area contributed by atoms with Gasteiger partial charge in [0.25, 0.3) is 0 Å². The van der Waals surface area contributed by atoms with Gasteiger partial charge in [-0.25, -0.2) is 37.9 Å². The van der Waals surface area contributed by atoms with Crippen LogP contribution < -0.4 is 0 Å². The van der Waals surface area contributed by atoms with E-state index in [9.17, 15) is 105 Å². The molecule has 512 valence electrons. The molecule has 0 aromatic carbocycles. The summed E-state index contributed by atoms with van der Waals surface area (Å²) in [6.07, 6.45) is -146. The summed E-state index contributed by atoms with van der Waals surface area (Å²) in [6.45, 7) is -25.5. The molecule has 0 heterocycles. The lowest BCUT2D eigenvalue weighted by molar-refractivity contribution is -0.649. The number of halogens is 42. The minimum Gasteiger partial charge on any atom is -0.390 e. The molecule has 6 N–H and O–H groups in total. The maximum Gasteiger partial charge on any atom is 0.494 e. The third-order valence-corrected chi connectivity index (χ3v) is 9.27. The Bertz CT molecular complexity index is 1880. The largest absolute Gasteiger partial charge is 0.494 e. The predicted octanol–water partition coefficient (Wildman–Crippen LogP) is 9.71. The fraction of sp³-hybridized carbons (Fsp3) is 1.00. The summed E-state index contributed by atoms with van der Waals surface area (Å²) < 4.78 is 627. The zero-order chi connectivity index (χ0) is 69.4. The molecule has 0 aromatic heterocycles. The van der Waals surface area contributed by atoms with Crippen molar-refractivity contribution in [1.82, 2.24) is 0 Å². The lowest BCUT2D eigenvalue weighted by atomic mass is 9.80. The van der Waals surface area contributed by atoms with Crippen LogP contribution >= 0.6 is 0 Å². The quantitative estimate of drug-likeness (QED) is 0.0256. The van der Waals surface area contributed by atoms with Crippen LogP contribution in [0.25, 0.3) is 0 Å². The van der Waals surface area contributed by atoms with Crippen molar-refractivity contribution in [1.29, 1.82) is 0 Å². The molecule has 0 bridgehead atoms. The molecule has 0 aliphatic carbocycles. The van der Waals surface area contributed by atoms with Gasteiger partial charge in [-0.2, -0.15) is 176 Å². The molecule has 0 saturated heterocycles. The second-order valence-corrected chi connectivity index (χ2v) is 15.2. The lowest BCUT2D eigenvalue weighted by Gasteiger charge is -2.52. The first kappa shape index (κ1) is 81.5. The minimum atomic E-state index is -11.0. The first-order valence-electron chi connectivity index (χ1n) is 18.7. The zero-order valence-electron chi connectivity index (χ0n) is 37.6. The van der Waals surface area contributed by atoms with Crippen LogP contribution in [0.5, 0.6) is 0 Å². The van der Waals surface area contributed by atoms with Crippen LogP contribution in [0.3, 0.4) is 0 Å². The van der Waals surface area contributed by atoms with Crippen LogP contribution in [-0.4, -0.2) is 198 Å². The van der Waals surface area contributed by atoms with E-state index in [2.05, 4.69) is 0 Å². The Morgan fingerprint density at radius 2 is 0.247 bits per heavy atom. The number of ether oxygens (including phenoxy) is 8. The molecule has 0 amide bonds. The fourth-order valence-corrected chi connectivity index (χ4v) is 4.93. The highest BCUT2D eigenvalue weighted by molar-refractivity contribution is 5.11. The first-order valence-corrected chi connectivity index (χ1v) is 18.7. The van der Waals surface area contributed by atoms with E-state index in [0.717, 1.165) is 28.4 Å². The molecular formula is C29H18F42O14. The highest BCUT2D eigenvalue weighted by Crippen LogP contribution is 2.73. The lowest BCUT2D eigenvalue weighted by Crippen LogP contribution is -2.79. The van der Waals surface area contributed by atoms with Gasteiger partial charge in [0.15, 0.2) is 0 Å². The molecule has 14 nitrogen and oxygen atoms in total. The SMILES string of the molecule is OCC(F)(F)C(F)(F)OC(F)(F)C(C(F)(F)OC(F)(F)OC(F)(F)C(C(F)(F)OC(F)(F)C(F)(F)CO)(C(F)(F)OC(F)(F)C(F)(F)CO)C(F)(F)OC(F)(F)C(F)(F)CO)(C(F)(F)OC(F)(F)C(F)(F)CO)C(F)(F)OC(F)(F)C(F)(F)CO. The highest BCUT2D eigenvalue weighted by atomic mass is 19.4. The van der Waals surface area contributed by atoms with Crippen molar-refractivity contribution in [3.05, 3.63) is 0 Å². The summed E-state index contributed by atoms with van der Waals surface area (Å²) in [6, 6.07) is 0. The molecule has 0 rings (SSSR count). The molecule has 0 atom stereocenters. The Morgan fingerprint density at radius 3 is 0.341 bits per heavy atom. The van der Waals surface area contributed by atoms with Crippen LogP contribution in [0.4, 0.5) is 184 Å². The van der Waals surface area contributed by atoms with E-state index in [1.54, 1.807) is 0 Å². The highest BCUT2D eigenvalue weighted by Gasteiger charge is 3.01. The Labute approximate surface area is 432 Å². The molecule has 85 heavy (non-hydrogen) atoms. The average Bonchev–Trinajstić information content (AvgIpc) is 3.21. The van der Waals surface area contributed by atoms with Crippen molar-refractivity contribution < 1.29 is 253 Å². The van der Waals surface area contributed by atoms with Gasteiger partial charge in [0.05, 0.1) is 0 Å². The maximum absolute atomic E-state index is 16.0. The van der Waals surface area contributed by atoms with Crippen molar-refractivity contribution in [2.45, 2.75) is 127 Å². The molecule has 0 radical (unpaired) electrons. The van der Waals surface area contributed by atoms with Crippen molar-refractivity contribution in [2.24, 2.45) is 10.8 Å². The summed E-state index contributed by atoms with van der Waals surface area (Å²) in [7, 11) is 0. The number of hydrogen-bond acceptors (Lipinski definition) is 14. The number of hydrogen-bond donors (Lipinski definition) is 6. The van der Waals surface area contributed by atoms with Crippen LogP contribution in [-0.2, 0) is 37.9 Å². The normalized spacial score (nSPS) is 16.7. The standard InChI is InChI=1S/C29H18F42O14/c30-7(31,1-72)15(42,43)78-21(54,55)13(22(56,57)79-16(44,45)8(32,33)2-73,23(58,59)80-17(46,47)9(34,35)3-74)27(66,67)84-29(70,71)85-28(68,69)14(24(60,61)81-18(48,49)10(36,37)4-75,25(62,63)82-19(50,51)11(38,39)5-76)26(64,65)83-20(52,53)12(40,41)6-77/h72-77H,1-6H2. The second kappa shape index (κ2) is 23.1. The number of rotatable bonds is 36. The Kier molecular flexibility index (Phi) is 22.1. The van der Waals surface area contributed by atoms with E-state index in [1.165, 1.54) is 0 Å². The van der Waals surface area contributed by atoms with Gasteiger partial charge in [0.1, 0.15) is 39.6 Å². The number of aliphatic hydroxyl groups excluding tert-OH is 6. The smallest absolute Gasteiger partial charge is 0.390 e. The Hall–Kier alpha value is -3.50. The molecule has 0 aliphatic heterocycles. The topological polar surface area (TPSA) is 195 Å². The van der Waals surface area contributed by atoms with E-state index in [0.29, 0.717) is 9.47 Å². The molecule has 0 saturated carbocycles. The van der Waals surface area contributed by atoms with Crippen LogP contribution in [0.2, 0.25) is 0 Å². The monoisotopic (exact) mass is 1390 g/mol. The van der Waals surface area contributed by atoms with Crippen molar-refractivity contribution in [3.8, 4) is 0 Å².